The van der Waals surface area contributed by atoms with E-state index in [9.17, 15) is 4.79 Å². The van der Waals surface area contributed by atoms with Gasteiger partial charge in [0.05, 0.1) is 18.8 Å². The Labute approximate surface area is 199 Å². The van der Waals surface area contributed by atoms with Crippen molar-refractivity contribution in [2.45, 2.75) is 44.4 Å². The smallest absolute Gasteiger partial charge is 0.254 e. The summed E-state index contributed by atoms with van der Waals surface area (Å²) in [6.07, 6.45) is 6.29. The van der Waals surface area contributed by atoms with Gasteiger partial charge in [0.2, 0.25) is 0 Å². The molecule has 33 heavy (non-hydrogen) atoms. The van der Waals surface area contributed by atoms with Crippen molar-refractivity contribution in [2.75, 3.05) is 19.7 Å². The normalized spacial score (nSPS) is 22.6. The average molecular weight is 466 g/mol. The van der Waals surface area contributed by atoms with Gasteiger partial charge in [0.1, 0.15) is 17.7 Å². The molecule has 2 aliphatic heterocycles. The van der Waals surface area contributed by atoms with Crippen LogP contribution >= 0.6 is 11.6 Å². The summed E-state index contributed by atoms with van der Waals surface area (Å²) >= 11 is 6.09. The maximum Gasteiger partial charge on any atom is 0.254 e. The van der Waals surface area contributed by atoms with Crippen molar-refractivity contribution in [2.24, 2.45) is 0 Å². The molecule has 2 atom stereocenters. The van der Waals surface area contributed by atoms with Gasteiger partial charge >= 0.3 is 0 Å². The molecule has 1 amide bonds. The summed E-state index contributed by atoms with van der Waals surface area (Å²) in [5.74, 6) is 1.74. The van der Waals surface area contributed by atoms with E-state index in [-0.39, 0.29) is 17.6 Å². The van der Waals surface area contributed by atoms with Crippen LogP contribution < -0.4 is 4.74 Å². The third kappa shape index (κ3) is 4.77. The summed E-state index contributed by atoms with van der Waals surface area (Å²) in [6.45, 7) is 4.43. The zero-order chi connectivity index (χ0) is 22.8. The Morgan fingerprint density at radius 3 is 2.97 bits per heavy atom. The highest BCUT2D eigenvalue weighted by atomic mass is 35.5. The molecule has 0 saturated carbocycles. The van der Waals surface area contributed by atoms with E-state index >= 15 is 0 Å². The Morgan fingerprint density at radius 2 is 2.15 bits per heavy atom. The van der Waals surface area contributed by atoms with Crippen LogP contribution in [0.1, 0.15) is 41.0 Å². The van der Waals surface area contributed by atoms with Gasteiger partial charge in [-0.15, -0.1) is 0 Å². The lowest BCUT2D eigenvalue weighted by Crippen LogP contribution is -2.50. The van der Waals surface area contributed by atoms with Crippen LogP contribution in [0, 0.1) is 6.92 Å². The number of imidazole rings is 1. The van der Waals surface area contributed by atoms with Gasteiger partial charge in [-0.2, -0.15) is 0 Å². The van der Waals surface area contributed by atoms with Gasteiger partial charge in [-0.3, -0.25) is 4.79 Å². The summed E-state index contributed by atoms with van der Waals surface area (Å²) in [6, 6.07) is 15.3. The molecular weight excluding hydrogens is 438 g/mol. The first-order valence-electron chi connectivity index (χ1n) is 11.4. The molecular formula is C26H28ClN3O3. The molecule has 0 unspecified atom stereocenters. The number of carbonyl (C=O) groups is 1. The van der Waals surface area contributed by atoms with E-state index in [0.717, 1.165) is 48.5 Å². The zero-order valence-electron chi connectivity index (χ0n) is 18.7. The number of aromatic nitrogens is 2. The van der Waals surface area contributed by atoms with E-state index in [1.807, 2.05) is 66.6 Å². The fraction of sp³-hybridized carbons (Fsp3) is 0.385. The first-order valence-corrected chi connectivity index (χ1v) is 11.8. The van der Waals surface area contributed by atoms with E-state index in [0.29, 0.717) is 24.7 Å². The average Bonchev–Trinajstić information content (AvgIpc) is 3.39. The Hall–Kier alpha value is -2.83. The number of likely N-dealkylation sites (tertiary alicyclic amines) is 1. The Kier molecular flexibility index (Phi) is 6.13. The van der Waals surface area contributed by atoms with Crippen molar-refractivity contribution in [3.63, 3.8) is 0 Å². The van der Waals surface area contributed by atoms with Crippen LogP contribution in [0.3, 0.4) is 0 Å². The van der Waals surface area contributed by atoms with Crippen LogP contribution in [-0.4, -0.2) is 51.8 Å². The minimum atomic E-state index is -0.354. The summed E-state index contributed by atoms with van der Waals surface area (Å²) in [5, 5.41) is 0.653. The second kappa shape index (κ2) is 9.20. The lowest BCUT2D eigenvalue weighted by Gasteiger charge is -2.39. The zero-order valence-corrected chi connectivity index (χ0v) is 19.5. The van der Waals surface area contributed by atoms with E-state index < -0.39 is 0 Å². The van der Waals surface area contributed by atoms with Gasteiger partial charge in [-0.05, 0) is 49.6 Å². The Bertz CT molecular complexity index is 1150. The molecule has 2 aliphatic rings. The van der Waals surface area contributed by atoms with Crippen molar-refractivity contribution in [3.8, 4) is 5.75 Å². The fourth-order valence-electron chi connectivity index (χ4n) is 4.96. The summed E-state index contributed by atoms with van der Waals surface area (Å²) in [7, 11) is 0. The number of carbonyl (C=O) groups excluding carboxylic acids is 1. The van der Waals surface area contributed by atoms with Gasteiger partial charge in [0.15, 0.2) is 0 Å². The number of benzene rings is 2. The van der Waals surface area contributed by atoms with Crippen molar-refractivity contribution in [1.82, 2.24) is 14.5 Å². The maximum atomic E-state index is 13.6. The lowest BCUT2D eigenvalue weighted by molar-refractivity contribution is -0.0453. The van der Waals surface area contributed by atoms with Crippen LogP contribution in [0.5, 0.6) is 5.75 Å². The number of piperidine rings is 1. The van der Waals surface area contributed by atoms with E-state index in [4.69, 9.17) is 21.1 Å². The molecule has 0 N–H and O–H groups in total. The minimum Gasteiger partial charge on any atom is -0.488 e. The van der Waals surface area contributed by atoms with E-state index in [2.05, 4.69) is 9.55 Å². The summed E-state index contributed by atoms with van der Waals surface area (Å²) in [4.78, 5) is 19.8. The minimum absolute atomic E-state index is 0.0463. The van der Waals surface area contributed by atoms with Crippen molar-refractivity contribution in [3.05, 3.63) is 82.9 Å². The molecule has 1 aromatic heterocycles. The number of hydrogen-bond acceptors (Lipinski definition) is 4. The first kappa shape index (κ1) is 22.0. The first-order chi connectivity index (χ1) is 16.0. The Balaban J connectivity index is 1.29. The van der Waals surface area contributed by atoms with Gasteiger partial charge < -0.3 is 18.9 Å². The van der Waals surface area contributed by atoms with Gasteiger partial charge in [0.25, 0.3) is 5.91 Å². The molecule has 0 aliphatic carbocycles. The number of aryl methyl sites for hydroxylation is 1. The highest BCUT2D eigenvalue weighted by Gasteiger charge is 2.45. The van der Waals surface area contributed by atoms with Crippen LogP contribution in [0.2, 0.25) is 5.02 Å². The second-order valence-corrected chi connectivity index (χ2v) is 9.42. The molecule has 172 valence electrons. The summed E-state index contributed by atoms with van der Waals surface area (Å²) < 4.78 is 14.5. The van der Waals surface area contributed by atoms with Crippen LogP contribution in [-0.2, 0) is 11.3 Å². The van der Waals surface area contributed by atoms with E-state index in [1.165, 1.54) is 0 Å². The highest BCUT2D eigenvalue weighted by Crippen LogP contribution is 2.37. The number of ether oxygens (including phenoxy) is 2. The number of nitrogens with zero attached hydrogens (tertiary/aromatic N) is 3. The maximum absolute atomic E-state index is 13.6. The molecule has 1 spiro atoms. The molecule has 5 rings (SSSR count). The Morgan fingerprint density at radius 1 is 1.27 bits per heavy atom. The molecule has 0 radical (unpaired) electrons. The molecule has 6 nitrogen and oxygen atoms in total. The summed E-state index contributed by atoms with van der Waals surface area (Å²) in [5.41, 5.74) is 1.39. The van der Waals surface area contributed by atoms with Crippen molar-refractivity contribution < 1.29 is 14.3 Å². The third-order valence-electron chi connectivity index (χ3n) is 6.61. The molecule has 2 saturated heterocycles. The van der Waals surface area contributed by atoms with Gasteiger partial charge in [-0.1, -0.05) is 35.9 Å². The van der Waals surface area contributed by atoms with Crippen LogP contribution in [0.15, 0.2) is 60.9 Å². The van der Waals surface area contributed by atoms with Crippen molar-refractivity contribution in [1.29, 1.82) is 0 Å². The van der Waals surface area contributed by atoms with Gasteiger partial charge in [-0.25, -0.2) is 4.98 Å². The quantitative estimate of drug-likeness (QED) is 0.546. The van der Waals surface area contributed by atoms with Gasteiger partial charge in [0, 0.05) is 42.5 Å². The largest absolute Gasteiger partial charge is 0.488 e. The third-order valence-corrected chi connectivity index (χ3v) is 6.85. The van der Waals surface area contributed by atoms with Crippen molar-refractivity contribution >= 4 is 17.5 Å². The second-order valence-electron chi connectivity index (χ2n) is 8.99. The molecule has 7 heteroatoms. The number of halogens is 1. The molecule has 2 aromatic carbocycles. The molecule has 2 fully saturated rings. The standard InChI is InChI=1S/C26H28ClN3O3/c1-19-28-11-13-29(19)16-20-6-2-3-9-24(20)25(31)30-12-5-10-26(18-30)15-23(17-32-26)33-22-8-4-7-21(27)14-22/h2-4,6-9,11,13-14,23H,5,10,12,15-18H2,1H3/t23-,26+/m1/s1. The lowest BCUT2D eigenvalue weighted by atomic mass is 9.88. The number of hydrogen-bond donors (Lipinski definition) is 0. The number of rotatable bonds is 5. The van der Waals surface area contributed by atoms with Crippen LogP contribution in [0.4, 0.5) is 0 Å². The molecule has 3 aromatic rings. The monoisotopic (exact) mass is 465 g/mol. The SMILES string of the molecule is Cc1nccn1Cc1ccccc1C(=O)N1CCC[C@]2(C[C@@H](Oc3cccc(Cl)c3)CO2)C1. The fourth-order valence-corrected chi connectivity index (χ4v) is 5.14. The number of amides is 1. The predicted octanol–water partition coefficient (Wildman–Crippen LogP) is 4.74. The topological polar surface area (TPSA) is 56.6 Å². The van der Waals surface area contributed by atoms with Crippen LogP contribution in [0.25, 0.3) is 0 Å². The predicted molar refractivity (Wildman–Crippen MR) is 127 cm³/mol. The van der Waals surface area contributed by atoms with E-state index in [1.54, 1.807) is 6.20 Å². The molecule has 3 heterocycles. The molecule has 0 bridgehead atoms. The highest BCUT2D eigenvalue weighted by molar-refractivity contribution is 6.30.